The second-order valence-electron chi connectivity index (χ2n) is 13.9. The van der Waals surface area contributed by atoms with Crippen molar-refractivity contribution < 1.29 is 56.8 Å². The molecule has 1 amide bonds. The Kier molecular flexibility index (Phi) is 13.7. The molecule has 2 rings (SSSR count). The number of alkyl carbamates (subject to hydrolysis) is 1. The van der Waals surface area contributed by atoms with Crippen molar-refractivity contribution in [2.45, 2.75) is 119 Å². The van der Waals surface area contributed by atoms with Crippen LogP contribution >= 0.6 is 0 Å². The van der Waals surface area contributed by atoms with Crippen molar-refractivity contribution in [1.82, 2.24) is 14.5 Å². The molecule has 0 bridgehead atoms. The molecule has 0 aromatic carbocycles. The minimum atomic E-state index is -3.25. The Morgan fingerprint density at radius 1 is 0.878 bits per heavy atom. The van der Waals surface area contributed by atoms with E-state index < -0.39 is 114 Å². The molecule has 0 aliphatic carbocycles. The molecule has 1 aliphatic heterocycles. The van der Waals surface area contributed by atoms with E-state index in [-0.39, 0.29) is 0 Å². The Morgan fingerprint density at radius 3 is 1.94 bits per heavy atom. The number of aromatic nitrogens is 2. The average Bonchev–Trinajstić information content (AvgIpc) is 3.23. The third kappa shape index (κ3) is 10.9. The highest BCUT2D eigenvalue weighted by Crippen LogP contribution is 2.42. The van der Waals surface area contributed by atoms with Gasteiger partial charge in [0.25, 0.3) is 11.4 Å². The molecule has 1 aromatic rings. The van der Waals surface area contributed by atoms with Crippen LogP contribution in [0.25, 0.3) is 0 Å². The molecule has 49 heavy (non-hydrogen) atoms. The summed E-state index contributed by atoms with van der Waals surface area (Å²) in [5, 5.41) is 2.38. The van der Waals surface area contributed by atoms with Crippen LogP contribution in [-0.4, -0.2) is 75.4 Å². The molecule has 0 unspecified atom stereocenters. The van der Waals surface area contributed by atoms with Crippen molar-refractivity contribution in [2.24, 2.45) is 23.7 Å². The molecular weight excluding hydrogens is 653 g/mol. The zero-order valence-corrected chi connectivity index (χ0v) is 29.8. The molecule has 1 aliphatic rings. The molecular formula is C32H48FN3O13. The predicted octanol–water partition coefficient (Wildman–Crippen LogP) is 2.59. The highest BCUT2D eigenvalue weighted by Gasteiger charge is 2.62. The SMILES string of the molecule is CC(C)C(=O)OCn1c(=O)ccn([C@@H]2O[C@](F)(COC(=O)[C@@H](NC(=O)OC(C)(C)C)C(C)C)[C@@H](OC(=O)C(C)C)[C@H]2OC(=O)C(C)C)c1=O. The highest BCUT2D eigenvalue weighted by molar-refractivity contribution is 5.81. The van der Waals surface area contributed by atoms with Crippen molar-refractivity contribution in [2.75, 3.05) is 6.61 Å². The zero-order valence-electron chi connectivity index (χ0n) is 29.8. The van der Waals surface area contributed by atoms with Gasteiger partial charge in [-0.05, 0) is 26.7 Å². The van der Waals surface area contributed by atoms with E-state index in [2.05, 4.69) is 5.32 Å². The van der Waals surface area contributed by atoms with Gasteiger partial charge >= 0.3 is 35.7 Å². The summed E-state index contributed by atoms with van der Waals surface area (Å²) in [7, 11) is 0. The number of nitrogens with one attached hydrogen (secondary N) is 1. The van der Waals surface area contributed by atoms with Gasteiger partial charge in [-0.2, -0.15) is 0 Å². The van der Waals surface area contributed by atoms with Gasteiger partial charge < -0.3 is 33.7 Å². The molecule has 1 aromatic heterocycles. The van der Waals surface area contributed by atoms with Crippen molar-refractivity contribution >= 4 is 30.0 Å². The standard InChI is InChI=1S/C32H48FN3O13/c1-16(2)21(34-29(42)49-31(9,10)11)28(41)44-14-32(33)23(47-27(40)19(7)8)22(46-26(39)18(5)6)24(48-32)35-13-12-20(37)36(30(35)43)15-45-25(38)17(3)4/h12-13,16-19,21-24H,14-15H2,1-11H3,(H,34,42)/t21-,22+,23-,24+,32+/m0/s1. The molecule has 276 valence electrons. The zero-order chi connectivity index (χ0) is 37.6. The lowest BCUT2D eigenvalue weighted by Crippen LogP contribution is -2.51. The van der Waals surface area contributed by atoms with Gasteiger partial charge in [-0.3, -0.25) is 23.7 Å². The van der Waals surface area contributed by atoms with Gasteiger partial charge in [0.05, 0.1) is 17.8 Å². The minimum absolute atomic E-state index is 0.522. The number of amides is 1. The first-order valence-corrected chi connectivity index (χ1v) is 15.9. The van der Waals surface area contributed by atoms with Crippen LogP contribution in [0.1, 0.15) is 82.4 Å². The molecule has 0 saturated carbocycles. The van der Waals surface area contributed by atoms with E-state index in [0.717, 1.165) is 12.3 Å². The van der Waals surface area contributed by atoms with Gasteiger partial charge in [0.1, 0.15) is 11.6 Å². The summed E-state index contributed by atoms with van der Waals surface area (Å²) in [6.07, 6.45) is -5.86. The monoisotopic (exact) mass is 701 g/mol. The van der Waals surface area contributed by atoms with Crippen LogP contribution in [0, 0.1) is 23.7 Å². The van der Waals surface area contributed by atoms with Crippen LogP contribution < -0.4 is 16.6 Å². The summed E-state index contributed by atoms with van der Waals surface area (Å²) in [6, 6.07) is -0.417. The van der Waals surface area contributed by atoms with E-state index in [1.807, 2.05) is 0 Å². The second-order valence-corrected chi connectivity index (χ2v) is 13.9. The quantitative estimate of drug-likeness (QED) is 0.233. The fraction of sp³-hybridized carbons (Fsp3) is 0.719. The fourth-order valence-corrected chi connectivity index (χ4v) is 4.20. The summed E-state index contributed by atoms with van der Waals surface area (Å²) < 4.78 is 50.4. The Bertz CT molecular complexity index is 1490. The van der Waals surface area contributed by atoms with E-state index in [9.17, 15) is 33.6 Å². The number of hydrogen-bond acceptors (Lipinski definition) is 13. The highest BCUT2D eigenvalue weighted by atomic mass is 19.2. The van der Waals surface area contributed by atoms with Gasteiger partial charge in [-0.15, -0.1) is 0 Å². The van der Waals surface area contributed by atoms with Crippen LogP contribution in [0.3, 0.4) is 0 Å². The number of carbonyl (C=O) groups is 5. The Morgan fingerprint density at radius 2 is 1.43 bits per heavy atom. The molecule has 5 atom stereocenters. The first-order chi connectivity index (χ1) is 22.5. The lowest BCUT2D eigenvalue weighted by molar-refractivity contribution is -0.226. The average molecular weight is 702 g/mol. The fourth-order valence-electron chi connectivity index (χ4n) is 4.20. The topological polar surface area (TPSA) is 197 Å². The Balaban J connectivity index is 2.60. The Hall–Kier alpha value is -4.28. The maximum absolute atomic E-state index is 17.1. The van der Waals surface area contributed by atoms with E-state index >= 15 is 4.39 Å². The summed E-state index contributed by atoms with van der Waals surface area (Å²) in [4.78, 5) is 89.5. The molecule has 0 radical (unpaired) electrons. The lowest BCUT2D eigenvalue weighted by Gasteiger charge is -2.29. The number of ether oxygens (including phenoxy) is 6. The van der Waals surface area contributed by atoms with E-state index in [1.54, 1.807) is 34.6 Å². The summed E-state index contributed by atoms with van der Waals surface area (Å²) in [6.45, 7) is 14.9. The van der Waals surface area contributed by atoms with E-state index in [0.29, 0.717) is 9.13 Å². The molecule has 16 nitrogen and oxygen atoms in total. The number of hydrogen-bond donors (Lipinski definition) is 1. The van der Waals surface area contributed by atoms with Crippen LogP contribution in [0.2, 0.25) is 0 Å². The lowest BCUT2D eigenvalue weighted by atomic mass is 10.0. The molecule has 2 heterocycles. The maximum Gasteiger partial charge on any atom is 0.408 e. The number of esters is 4. The van der Waals surface area contributed by atoms with Crippen molar-refractivity contribution in [3.8, 4) is 0 Å². The molecule has 17 heteroatoms. The number of halogens is 1. The van der Waals surface area contributed by atoms with Crippen molar-refractivity contribution in [3.63, 3.8) is 0 Å². The second kappa shape index (κ2) is 16.4. The van der Waals surface area contributed by atoms with Gasteiger partial charge in [0.2, 0.25) is 6.10 Å². The molecule has 1 fully saturated rings. The number of nitrogens with zero attached hydrogens (tertiary/aromatic N) is 2. The van der Waals surface area contributed by atoms with Crippen LogP contribution in [0.5, 0.6) is 0 Å². The van der Waals surface area contributed by atoms with Crippen molar-refractivity contribution in [1.29, 1.82) is 0 Å². The third-order valence-corrected chi connectivity index (χ3v) is 6.94. The first-order valence-electron chi connectivity index (χ1n) is 15.9. The normalized spacial score (nSPS) is 21.4. The predicted molar refractivity (Wildman–Crippen MR) is 168 cm³/mol. The van der Waals surface area contributed by atoms with Gasteiger partial charge in [-0.25, -0.2) is 23.3 Å². The van der Waals surface area contributed by atoms with Crippen molar-refractivity contribution in [3.05, 3.63) is 33.1 Å². The largest absolute Gasteiger partial charge is 0.458 e. The molecule has 0 spiro atoms. The summed E-state index contributed by atoms with van der Waals surface area (Å²) in [5.41, 5.74) is -2.93. The van der Waals surface area contributed by atoms with E-state index in [4.69, 9.17) is 28.4 Å². The minimum Gasteiger partial charge on any atom is -0.458 e. The van der Waals surface area contributed by atoms with Crippen LogP contribution in [0.15, 0.2) is 21.9 Å². The van der Waals surface area contributed by atoms with E-state index in [1.165, 1.54) is 41.5 Å². The van der Waals surface area contributed by atoms with Gasteiger partial charge in [-0.1, -0.05) is 55.4 Å². The Labute approximate surface area is 283 Å². The first kappa shape index (κ1) is 40.9. The summed E-state index contributed by atoms with van der Waals surface area (Å²) >= 11 is 0. The summed E-state index contributed by atoms with van der Waals surface area (Å²) in [5.74, 6) is -9.63. The maximum atomic E-state index is 17.1. The van der Waals surface area contributed by atoms with Crippen LogP contribution in [-0.2, 0) is 54.3 Å². The van der Waals surface area contributed by atoms with Gasteiger partial charge in [0.15, 0.2) is 25.7 Å². The molecule has 1 saturated heterocycles. The number of rotatable bonds is 13. The number of alkyl halides is 1. The molecule has 1 N–H and O–H groups in total. The third-order valence-electron chi connectivity index (χ3n) is 6.94. The van der Waals surface area contributed by atoms with Gasteiger partial charge in [0, 0.05) is 12.3 Å². The van der Waals surface area contributed by atoms with Crippen LogP contribution in [0.4, 0.5) is 9.18 Å². The number of carbonyl (C=O) groups excluding carboxylic acids is 5. The smallest absolute Gasteiger partial charge is 0.408 e.